The smallest absolute Gasteiger partial charge is 0.173 e. The van der Waals surface area contributed by atoms with Crippen molar-refractivity contribution in [1.82, 2.24) is 0 Å². The summed E-state index contributed by atoms with van der Waals surface area (Å²) in [6.45, 7) is 0. The van der Waals surface area contributed by atoms with Gasteiger partial charge in [-0.2, -0.15) is 5.26 Å². The third-order valence-electron chi connectivity index (χ3n) is 3.14. The molecule has 1 aromatic heterocycles. The minimum Gasteiger partial charge on any atom is -0.296 e. The van der Waals surface area contributed by atoms with Gasteiger partial charge in [-0.25, -0.2) is 8.42 Å². The summed E-state index contributed by atoms with van der Waals surface area (Å²) in [4.78, 5) is 12.9. The minimum absolute atomic E-state index is 0.0615. The van der Waals surface area contributed by atoms with Crippen molar-refractivity contribution in [3.63, 3.8) is 0 Å². The van der Waals surface area contributed by atoms with Crippen LogP contribution in [0.2, 0.25) is 0 Å². The summed E-state index contributed by atoms with van der Waals surface area (Å²) in [7, 11) is -3.36. The van der Waals surface area contributed by atoms with Crippen molar-refractivity contribution < 1.29 is 13.2 Å². The zero-order valence-electron chi connectivity index (χ0n) is 9.70. The summed E-state index contributed by atoms with van der Waals surface area (Å²) in [6.07, 6.45) is 1.70. The predicted octanol–water partition coefficient (Wildman–Crippen LogP) is 1.89. The van der Waals surface area contributed by atoms with Gasteiger partial charge < -0.3 is 0 Å². The normalized spacial score (nSPS) is 24.1. The van der Waals surface area contributed by atoms with Gasteiger partial charge in [0.1, 0.15) is 11.2 Å². The molecule has 0 bridgehead atoms. The van der Waals surface area contributed by atoms with E-state index in [1.54, 1.807) is 17.5 Å². The molecule has 1 fully saturated rings. The van der Waals surface area contributed by atoms with E-state index >= 15 is 0 Å². The van der Waals surface area contributed by atoms with E-state index in [1.807, 2.05) is 6.07 Å². The molecule has 2 rings (SSSR count). The summed E-state index contributed by atoms with van der Waals surface area (Å²) in [5.74, 6) is -1.34. The van der Waals surface area contributed by atoms with E-state index in [1.165, 1.54) is 11.3 Å². The van der Waals surface area contributed by atoms with E-state index in [0.29, 0.717) is 17.7 Å². The molecule has 1 saturated heterocycles. The molecule has 1 aliphatic rings. The molecule has 1 aliphatic heterocycles. The van der Waals surface area contributed by atoms with E-state index in [9.17, 15) is 13.2 Å². The first-order valence-corrected chi connectivity index (χ1v) is 8.34. The Hall–Kier alpha value is -1.19. The zero-order valence-corrected chi connectivity index (χ0v) is 11.3. The molecule has 6 heteroatoms. The molecule has 0 aliphatic carbocycles. The maximum absolute atomic E-state index is 12.2. The first-order valence-electron chi connectivity index (χ1n) is 5.74. The Balaban J connectivity index is 2.28. The second-order valence-corrected chi connectivity index (χ2v) is 7.61. The molecule has 0 saturated carbocycles. The summed E-state index contributed by atoms with van der Waals surface area (Å²) in [5, 5.41) is 9.90. The molecule has 1 aromatic rings. The van der Waals surface area contributed by atoms with Crippen LogP contribution in [0.4, 0.5) is 0 Å². The molecule has 96 valence electrons. The van der Waals surface area contributed by atoms with Crippen LogP contribution in [0.15, 0.2) is 17.5 Å². The molecule has 0 N–H and O–H groups in total. The number of nitriles is 1. The van der Waals surface area contributed by atoms with Crippen molar-refractivity contribution in [2.24, 2.45) is 0 Å². The van der Waals surface area contributed by atoms with Gasteiger partial charge in [0.2, 0.25) is 0 Å². The molecular formula is C12H13NO3S2. The fourth-order valence-electron chi connectivity index (χ4n) is 2.18. The van der Waals surface area contributed by atoms with Crippen molar-refractivity contribution in [2.75, 3.05) is 5.75 Å². The summed E-state index contributed by atoms with van der Waals surface area (Å²) >= 11 is 1.31. The molecule has 2 atom stereocenters. The maximum Gasteiger partial charge on any atom is 0.173 e. The van der Waals surface area contributed by atoms with Crippen molar-refractivity contribution in [3.8, 4) is 6.07 Å². The summed E-state index contributed by atoms with van der Waals surface area (Å²) < 4.78 is 23.8. The molecule has 0 spiro atoms. The minimum atomic E-state index is -3.36. The maximum atomic E-state index is 12.2. The SMILES string of the molecule is N#CC(C(=O)C1CCCCS1(=O)=O)c1cccs1. The zero-order chi connectivity index (χ0) is 13.2. The van der Waals surface area contributed by atoms with Crippen LogP contribution in [0, 0.1) is 11.3 Å². The lowest BCUT2D eigenvalue weighted by Crippen LogP contribution is -2.37. The van der Waals surface area contributed by atoms with Gasteiger partial charge in [-0.05, 0) is 24.3 Å². The first-order chi connectivity index (χ1) is 8.56. The Morgan fingerprint density at radius 1 is 1.50 bits per heavy atom. The van der Waals surface area contributed by atoms with Gasteiger partial charge in [-0.15, -0.1) is 11.3 Å². The van der Waals surface area contributed by atoms with Crippen molar-refractivity contribution in [3.05, 3.63) is 22.4 Å². The lowest BCUT2D eigenvalue weighted by molar-refractivity contribution is -0.119. The van der Waals surface area contributed by atoms with Gasteiger partial charge in [-0.1, -0.05) is 12.5 Å². The van der Waals surface area contributed by atoms with Crippen LogP contribution >= 0.6 is 11.3 Å². The highest BCUT2D eigenvalue weighted by Crippen LogP contribution is 2.29. The molecular weight excluding hydrogens is 270 g/mol. The van der Waals surface area contributed by atoms with Crippen LogP contribution in [0.3, 0.4) is 0 Å². The highest BCUT2D eigenvalue weighted by molar-refractivity contribution is 7.92. The van der Waals surface area contributed by atoms with Crippen molar-refractivity contribution in [1.29, 1.82) is 5.26 Å². The Labute approximate surface area is 110 Å². The number of thiophene rings is 1. The van der Waals surface area contributed by atoms with Gasteiger partial charge >= 0.3 is 0 Å². The second-order valence-electron chi connectivity index (χ2n) is 4.33. The molecule has 18 heavy (non-hydrogen) atoms. The van der Waals surface area contributed by atoms with E-state index in [2.05, 4.69) is 0 Å². The van der Waals surface area contributed by atoms with E-state index < -0.39 is 26.8 Å². The lowest BCUT2D eigenvalue weighted by atomic mass is 9.98. The largest absolute Gasteiger partial charge is 0.296 e. The van der Waals surface area contributed by atoms with Crippen molar-refractivity contribution in [2.45, 2.75) is 30.4 Å². The van der Waals surface area contributed by atoms with Crippen LogP contribution in [0.5, 0.6) is 0 Å². The highest BCUT2D eigenvalue weighted by Gasteiger charge is 2.39. The number of rotatable bonds is 3. The number of carbonyl (C=O) groups excluding carboxylic acids is 1. The van der Waals surface area contributed by atoms with Gasteiger partial charge in [0, 0.05) is 4.88 Å². The molecule has 0 aromatic carbocycles. The summed E-state index contributed by atoms with van der Waals surface area (Å²) in [5.41, 5.74) is 0. The number of nitrogens with zero attached hydrogens (tertiary/aromatic N) is 1. The van der Waals surface area contributed by atoms with E-state index in [-0.39, 0.29) is 5.75 Å². The molecule has 0 radical (unpaired) electrons. The Morgan fingerprint density at radius 2 is 2.28 bits per heavy atom. The van der Waals surface area contributed by atoms with Crippen LogP contribution in [0.1, 0.15) is 30.1 Å². The Morgan fingerprint density at radius 3 is 2.83 bits per heavy atom. The number of sulfone groups is 1. The third kappa shape index (κ3) is 2.47. The Bertz CT molecular complexity index is 569. The molecule has 4 nitrogen and oxygen atoms in total. The summed E-state index contributed by atoms with van der Waals surface area (Å²) in [6, 6.07) is 5.39. The lowest BCUT2D eigenvalue weighted by Gasteiger charge is -2.22. The van der Waals surface area contributed by atoms with Crippen molar-refractivity contribution >= 4 is 27.0 Å². The first kappa shape index (κ1) is 13.2. The van der Waals surface area contributed by atoms with Gasteiger partial charge in [-0.3, -0.25) is 4.79 Å². The van der Waals surface area contributed by atoms with Crippen LogP contribution in [-0.4, -0.2) is 25.2 Å². The van der Waals surface area contributed by atoms with Crippen LogP contribution in [-0.2, 0) is 14.6 Å². The monoisotopic (exact) mass is 283 g/mol. The molecule has 2 heterocycles. The number of ketones is 1. The standard InChI is InChI=1S/C12H13NO3S2/c13-8-9(10-4-3-6-17-10)12(14)11-5-1-2-7-18(11,15)16/h3-4,6,9,11H,1-2,5,7H2. The third-order valence-corrected chi connectivity index (χ3v) is 6.27. The number of hydrogen-bond donors (Lipinski definition) is 0. The average Bonchev–Trinajstić information content (AvgIpc) is 2.83. The van der Waals surface area contributed by atoms with Gasteiger partial charge in [0.05, 0.1) is 11.8 Å². The number of carbonyl (C=O) groups is 1. The fraction of sp³-hybridized carbons (Fsp3) is 0.500. The number of Topliss-reactive ketones (excluding diaryl/α,β-unsaturated/α-hetero) is 1. The quantitative estimate of drug-likeness (QED) is 0.849. The predicted molar refractivity (Wildman–Crippen MR) is 69.1 cm³/mol. The van der Waals surface area contributed by atoms with E-state index in [0.717, 1.165) is 6.42 Å². The van der Waals surface area contributed by atoms with Gasteiger partial charge in [0.25, 0.3) is 0 Å². The fourth-order valence-corrected chi connectivity index (χ4v) is 4.87. The number of hydrogen-bond acceptors (Lipinski definition) is 5. The van der Waals surface area contributed by atoms with Crippen LogP contribution in [0.25, 0.3) is 0 Å². The molecule has 0 amide bonds. The highest BCUT2D eigenvalue weighted by atomic mass is 32.2. The Kier molecular flexibility index (Phi) is 3.83. The molecule has 2 unspecified atom stereocenters. The second kappa shape index (κ2) is 5.21. The van der Waals surface area contributed by atoms with E-state index in [4.69, 9.17) is 5.26 Å². The topological polar surface area (TPSA) is 75.0 Å². The van der Waals surface area contributed by atoms with Crippen LogP contribution < -0.4 is 0 Å². The average molecular weight is 283 g/mol. The van der Waals surface area contributed by atoms with Gasteiger partial charge in [0.15, 0.2) is 15.6 Å².